The van der Waals surface area contributed by atoms with Crippen LogP contribution in [0.4, 0.5) is 4.39 Å². The molecule has 176 valence electrons. The van der Waals surface area contributed by atoms with Crippen LogP contribution in [0.5, 0.6) is 11.5 Å². The summed E-state index contributed by atoms with van der Waals surface area (Å²) in [5, 5.41) is 8.39. The molecule has 34 heavy (non-hydrogen) atoms. The summed E-state index contributed by atoms with van der Waals surface area (Å²) >= 11 is 0. The maximum absolute atomic E-state index is 13.3. The van der Waals surface area contributed by atoms with Gasteiger partial charge in [-0.25, -0.2) is 9.07 Å². The Morgan fingerprint density at radius 2 is 1.76 bits per heavy atom. The number of carbonyl (C=O) groups excluding carboxylic acids is 1. The van der Waals surface area contributed by atoms with Gasteiger partial charge in [-0.2, -0.15) is 5.10 Å². The number of rotatable bonds is 8. The fourth-order valence-corrected chi connectivity index (χ4v) is 3.76. The van der Waals surface area contributed by atoms with Gasteiger partial charge < -0.3 is 14.8 Å². The minimum atomic E-state index is -0.442. The molecule has 0 aliphatic heterocycles. The summed E-state index contributed by atoms with van der Waals surface area (Å²) < 4.78 is 26.9. The Morgan fingerprint density at radius 1 is 1.00 bits per heavy atom. The van der Waals surface area contributed by atoms with E-state index in [-0.39, 0.29) is 23.7 Å². The van der Waals surface area contributed by atoms with Crippen molar-refractivity contribution >= 4 is 16.8 Å². The molecule has 0 bridgehead atoms. The molecule has 3 aromatic carbocycles. The van der Waals surface area contributed by atoms with Gasteiger partial charge in [0.1, 0.15) is 23.4 Å². The fraction of sp³-hybridized carbons (Fsp3) is 0.259. The van der Waals surface area contributed by atoms with Gasteiger partial charge in [-0.3, -0.25) is 4.79 Å². The summed E-state index contributed by atoms with van der Waals surface area (Å²) in [7, 11) is 1.62. The standard InChI is InChI=1S/C27H28FN3O3/c1-17(2)27(32)30-18(3)26(19-6-5-7-23(14-19)33-4)34-24-12-13-25-20(15-24)16-29-31(25)22-10-8-21(28)9-11-22/h5-18,26H,1-4H3,(H,30,32)/t18-,26+/m0/s1. The van der Waals surface area contributed by atoms with E-state index in [4.69, 9.17) is 9.47 Å². The molecule has 0 saturated heterocycles. The van der Waals surface area contributed by atoms with Gasteiger partial charge in [-0.15, -0.1) is 0 Å². The molecule has 0 saturated carbocycles. The number of amides is 1. The molecule has 4 rings (SSSR count). The van der Waals surface area contributed by atoms with E-state index in [1.54, 1.807) is 30.1 Å². The highest BCUT2D eigenvalue weighted by molar-refractivity contribution is 5.82. The zero-order chi connectivity index (χ0) is 24.2. The van der Waals surface area contributed by atoms with E-state index in [1.807, 2.05) is 63.2 Å². The Kier molecular flexibility index (Phi) is 6.82. The Morgan fingerprint density at radius 3 is 2.47 bits per heavy atom. The lowest BCUT2D eigenvalue weighted by Gasteiger charge is -2.27. The molecule has 2 atom stereocenters. The molecule has 6 nitrogen and oxygen atoms in total. The molecular formula is C27H28FN3O3. The van der Waals surface area contributed by atoms with E-state index in [1.165, 1.54) is 12.1 Å². The molecule has 0 radical (unpaired) electrons. The first kappa shape index (κ1) is 23.3. The molecule has 1 heterocycles. The fourth-order valence-electron chi connectivity index (χ4n) is 3.76. The molecule has 0 fully saturated rings. The van der Waals surface area contributed by atoms with Gasteiger partial charge in [0.05, 0.1) is 30.6 Å². The van der Waals surface area contributed by atoms with Crippen LogP contribution in [0.2, 0.25) is 0 Å². The highest BCUT2D eigenvalue weighted by Crippen LogP contribution is 2.30. The van der Waals surface area contributed by atoms with Crippen molar-refractivity contribution in [1.82, 2.24) is 15.1 Å². The van der Waals surface area contributed by atoms with Crippen LogP contribution in [0, 0.1) is 11.7 Å². The average molecular weight is 462 g/mol. The van der Waals surface area contributed by atoms with Crippen LogP contribution in [0.25, 0.3) is 16.6 Å². The van der Waals surface area contributed by atoms with Crippen molar-refractivity contribution in [3.63, 3.8) is 0 Å². The number of hydrogen-bond donors (Lipinski definition) is 1. The number of fused-ring (bicyclic) bond motifs is 1. The van der Waals surface area contributed by atoms with Gasteiger partial charge >= 0.3 is 0 Å². The molecule has 0 aliphatic rings. The predicted molar refractivity (Wildman–Crippen MR) is 130 cm³/mol. The quantitative estimate of drug-likeness (QED) is 0.379. The zero-order valence-electron chi connectivity index (χ0n) is 19.7. The van der Waals surface area contributed by atoms with Crippen LogP contribution in [-0.2, 0) is 4.79 Å². The van der Waals surface area contributed by atoms with Crippen LogP contribution in [-0.4, -0.2) is 28.8 Å². The van der Waals surface area contributed by atoms with Crippen LogP contribution in [0.1, 0.15) is 32.4 Å². The smallest absolute Gasteiger partial charge is 0.222 e. The third kappa shape index (κ3) is 5.03. The molecule has 1 amide bonds. The highest BCUT2D eigenvalue weighted by Gasteiger charge is 2.25. The van der Waals surface area contributed by atoms with Crippen molar-refractivity contribution in [1.29, 1.82) is 0 Å². The summed E-state index contributed by atoms with van der Waals surface area (Å²) in [6, 6.07) is 19.2. The molecule has 0 aliphatic carbocycles. The van der Waals surface area contributed by atoms with Crippen LogP contribution in [0.3, 0.4) is 0 Å². The van der Waals surface area contributed by atoms with Gasteiger partial charge in [0.15, 0.2) is 0 Å². The number of nitrogens with zero attached hydrogens (tertiary/aromatic N) is 2. The predicted octanol–water partition coefficient (Wildman–Crippen LogP) is 5.45. The maximum atomic E-state index is 13.3. The van der Waals surface area contributed by atoms with E-state index in [0.717, 1.165) is 22.2 Å². The van der Waals surface area contributed by atoms with Crippen molar-refractivity contribution in [2.24, 2.45) is 5.92 Å². The third-order valence-corrected chi connectivity index (χ3v) is 5.64. The maximum Gasteiger partial charge on any atom is 0.222 e. The number of benzene rings is 3. The molecule has 0 spiro atoms. The van der Waals surface area contributed by atoms with E-state index in [9.17, 15) is 9.18 Å². The first-order valence-corrected chi connectivity index (χ1v) is 11.2. The second-order valence-electron chi connectivity index (χ2n) is 8.52. The van der Waals surface area contributed by atoms with E-state index in [0.29, 0.717) is 11.5 Å². The Balaban J connectivity index is 1.65. The lowest BCUT2D eigenvalue weighted by atomic mass is 10.0. The number of ether oxygens (including phenoxy) is 2. The molecule has 4 aromatic rings. The second kappa shape index (κ2) is 9.95. The van der Waals surface area contributed by atoms with Crippen LogP contribution in [0.15, 0.2) is 72.9 Å². The number of aromatic nitrogens is 2. The number of hydrogen-bond acceptors (Lipinski definition) is 4. The molecule has 1 N–H and O–H groups in total. The first-order valence-electron chi connectivity index (χ1n) is 11.2. The van der Waals surface area contributed by atoms with Crippen molar-refractivity contribution < 1.29 is 18.7 Å². The summed E-state index contributed by atoms with van der Waals surface area (Å²) in [4.78, 5) is 12.4. The van der Waals surface area contributed by atoms with Gasteiger partial charge in [-0.05, 0) is 67.1 Å². The van der Waals surface area contributed by atoms with Crippen LogP contribution >= 0.6 is 0 Å². The number of halogens is 1. The van der Waals surface area contributed by atoms with Gasteiger partial charge in [0, 0.05) is 11.3 Å². The summed E-state index contributed by atoms with van der Waals surface area (Å²) in [6.07, 6.45) is 1.30. The van der Waals surface area contributed by atoms with Gasteiger partial charge in [-0.1, -0.05) is 26.0 Å². The zero-order valence-corrected chi connectivity index (χ0v) is 19.7. The lowest BCUT2D eigenvalue weighted by Crippen LogP contribution is -2.41. The minimum absolute atomic E-state index is 0.0416. The monoisotopic (exact) mass is 461 g/mol. The van der Waals surface area contributed by atoms with Gasteiger partial charge in [0.25, 0.3) is 0 Å². The summed E-state index contributed by atoms with van der Waals surface area (Å²) in [5.41, 5.74) is 2.53. The Labute approximate surface area is 198 Å². The van der Waals surface area contributed by atoms with E-state index in [2.05, 4.69) is 10.4 Å². The van der Waals surface area contributed by atoms with E-state index >= 15 is 0 Å². The SMILES string of the molecule is COc1cccc([C@H](Oc2ccc3c(cnn3-c3ccc(F)cc3)c2)[C@H](C)NC(=O)C(C)C)c1. The minimum Gasteiger partial charge on any atom is -0.497 e. The summed E-state index contributed by atoms with van der Waals surface area (Å²) in [6.45, 7) is 5.64. The number of methoxy groups -OCH3 is 1. The van der Waals surface area contributed by atoms with Crippen molar-refractivity contribution in [3.05, 3.63) is 84.3 Å². The number of nitrogens with one attached hydrogen (secondary N) is 1. The van der Waals surface area contributed by atoms with Crippen LogP contribution < -0.4 is 14.8 Å². The number of carbonyl (C=O) groups is 1. The molecule has 7 heteroatoms. The Hall–Kier alpha value is -3.87. The largest absolute Gasteiger partial charge is 0.497 e. The van der Waals surface area contributed by atoms with Gasteiger partial charge in [0.2, 0.25) is 5.91 Å². The van der Waals surface area contributed by atoms with Crippen molar-refractivity contribution in [3.8, 4) is 17.2 Å². The molecular weight excluding hydrogens is 433 g/mol. The molecule has 0 unspecified atom stereocenters. The molecule has 1 aromatic heterocycles. The lowest BCUT2D eigenvalue weighted by molar-refractivity contribution is -0.125. The summed E-state index contributed by atoms with van der Waals surface area (Å²) in [5.74, 6) is 0.884. The average Bonchev–Trinajstić information content (AvgIpc) is 3.26. The second-order valence-corrected chi connectivity index (χ2v) is 8.52. The third-order valence-electron chi connectivity index (χ3n) is 5.64. The Bertz CT molecular complexity index is 1280. The normalized spacial score (nSPS) is 13.0. The van der Waals surface area contributed by atoms with E-state index < -0.39 is 6.10 Å². The first-order chi connectivity index (χ1) is 16.4. The van der Waals surface area contributed by atoms with Crippen molar-refractivity contribution in [2.45, 2.75) is 32.9 Å². The highest BCUT2D eigenvalue weighted by atomic mass is 19.1. The van der Waals surface area contributed by atoms with Crippen molar-refractivity contribution in [2.75, 3.05) is 7.11 Å². The topological polar surface area (TPSA) is 65.4 Å².